The lowest BCUT2D eigenvalue weighted by atomic mass is 10.1. The molecule has 1 saturated heterocycles. The van der Waals surface area contributed by atoms with Crippen molar-refractivity contribution in [2.24, 2.45) is 0 Å². The van der Waals surface area contributed by atoms with E-state index in [1.807, 2.05) is 29.6 Å². The lowest BCUT2D eigenvalue weighted by Gasteiger charge is -2.19. The van der Waals surface area contributed by atoms with Crippen LogP contribution in [0.25, 0.3) is 21.3 Å². The van der Waals surface area contributed by atoms with E-state index in [1.54, 1.807) is 10.9 Å². The molecule has 4 rings (SSSR count). The fourth-order valence-electron chi connectivity index (χ4n) is 3.64. The molecule has 3 heterocycles. The largest absolute Gasteiger partial charge is 0.303 e. The Balaban J connectivity index is 1.71. The minimum absolute atomic E-state index is 0.0295. The topological polar surface area (TPSA) is 38.1 Å². The fourth-order valence-corrected chi connectivity index (χ4v) is 4.77. The average Bonchev–Trinajstić information content (AvgIpc) is 3.21. The van der Waals surface area contributed by atoms with Gasteiger partial charge in [-0.2, -0.15) is 0 Å². The zero-order chi connectivity index (χ0) is 17.4. The Morgan fingerprint density at radius 1 is 1.32 bits per heavy atom. The third-order valence-corrected chi connectivity index (χ3v) is 6.32. The van der Waals surface area contributed by atoms with Crippen molar-refractivity contribution in [1.29, 1.82) is 0 Å². The third-order valence-electron chi connectivity index (χ3n) is 5.10. The zero-order valence-electron chi connectivity index (χ0n) is 14.1. The molecular formula is C19H20ClN3OS. The molecule has 0 aliphatic carbocycles. The summed E-state index contributed by atoms with van der Waals surface area (Å²) in [6.07, 6.45) is 5.13. The molecule has 0 bridgehead atoms. The van der Waals surface area contributed by atoms with Gasteiger partial charge in [0, 0.05) is 34.1 Å². The van der Waals surface area contributed by atoms with E-state index in [4.69, 9.17) is 11.6 Å². The van der Waals surface area contributed by atoms with Gasteiger partial charge in [0.05, 0.1) is 11.7 Å². The van der Waals surface area contributed by atoms with Crippen LogP contribution in [0.3, 0.4) is 0 Å². The second-order valence-electron chi connectivity index (χ2n) is 6.62. The third kappa shape index (κ3) is 3.12. The number of nitrogens with zero attached hydrogens (tertiary/aromatic N) is 3. The van der Waals surface area contributed by atoms with Crippen molar-refractivity contribution in [2.75, 3.05) is 13.6 Å². The molecule has 0 amide bonds. The molecule has 1 aromatic carbocycles. The van der Waals surface area contributed by atoms with Crippen LogP contribution in [0.15, 0.2) is 40.8 Å². The first kappa shape index (κ1) is 16.8. The van der Waals surface area contributed by atoms with E-state index in [9.17, 15) is 4.79 Å². The van der Waals surface area contributed by atoms with Gasteiger partial charge >= 0.3 is 0 Å². The monoisotopic (exact) mass is 373 g/mol. The first-order valence-corrected chi connectivity index (χ1v) is 9.82. The van der Waals surface area contributed by atoms with Gasteiger partial charge in [0.2, 0.25) is 0 Å². The normalized spacial score (nSPS) is 18.2. The highest BCUT2D eigenvalue weighted by Gasteiger charge is 2.21. The second kappa shape index (κ2) is 6.90. The van der Waals surface area contributed by atoms with Crippen molar-refractivity contribution >= 4 is 33.2 Å². The predicted octanol–water partition coefficient (Wildman–Crippen LogP) is 4.26. The maximum Gasteiger partial charge on any atom is 0.262 e. The zero-order valence-corrected chi connectivity index (χ0v) is 15.7. The molecule has 25 heavy (non-hydrogen) atoms. The first-order valence-electron chi connectivity index (χ1n) is 8.57. The van der Waals surface area contributed by atoms with Crippen LogP contribution in [-0.2, 0) is 6.54 Å². The number of hydrogen-bond donors (Lipinski definition) is 0. The lowest BCUT2D eigenvalue weighted by molar-refractivity contribution is 0.285. The Hall–Kier alpha value is -1.69. The van der Waals surface area contributed by atoms with E-state index in [-0.39, 0.29) is 5.56 Å². The van der Waals surface area contributed by atoms with E-state index in [1.165, 1.54) is 24.2 Å². The van der Waals surface area contributed by atoms with Crippen LogP contribution >= 0.6 is 22.9 Å². The summed E-state index contributed by atoms with van der Waals surface area (Å²) < 4.78 is 1.75. The molecule has 1 fully saturated rings. The van der Waals surface area contributed by atoms with E-state index in [2.05, 4.69) is 16.9 Å². The quantitative estimate of drug-likeness (QED) is 0.685. The number of aromatic nitrogens is 2. The summed E-state index contributed by atoms with van der Waals surface area (Å²) in [5.41, 5.74) is 1.81. The van der Waals surface area contributed by atoms with Gasteiger partial charge in [-0.3, -0.25) is 9.36 Å². The Labute approximate surface area is 155 Å². The summed E-state index contributed by atoms with van der Waals surface area (Å²) in [7, 11) is 2.16. The molecule has 1 aliphatic rings. The molecule has 130 valence electrons. The Bertz CT molecular complexity index is 965. The molecule has 0 radical (unpaired) electrons. The molecule has 0 saturated carbocycles. The summed E-state index contributed by atoms with van der Waals surface area (Å²) in [4.78, 5) is 20.7. The fraction of sp³-hybridized carbons (Fsp3) is 0.368. The predicted molar refractivity (Wildman–Crippen MR) is 105 cm³/mol. The summed E-state index contributed by atoms with van der Waals surface area (Å²) >= 11 is 7.83. The number of halogens is 1. The summed E-state index contributed by atoms with van der Waals surface area (Å²) in [6.45, 7) is 1.85. The van der Waals surface area contributed by atoms with Crippen molar-refractivity contribution in [3.63, 3.8) is 0 Å². The second-order valence-corrected chi connectivity index (χ2v) is 7.88. The molecule has 3 aromatic rings. The first-order chi connectivity index (χ1) is 12.1. The van der Waals surface area contributed by atoms with Crippen LogP contribution in [0.2, 0.25) is 5.02 Å². The van der Waals surface area contributed by atoms with Crippen molar-refractivity contribution < 1.29 is 0 Å². The minimum Gasteiger partial charge on any atom is -0.303 e. The van der Waals surface area contributed by atoms with Crippen LogP contribution in [0.4, 0.5) is 0 Å². The van der Waals surface area contributed by atoms with E-state index in [0.717, 1.165) is 28.9 Å². The van der Waals surface area contributed by atoms with Crippen molar-refractivity contribution in [2.45, 2.75) is 31.8 Å². The highest BCUT2D eigenvalue weighted by atomic mass is 35.5. The molecule has 6 heteroatoms. The van der Waals surface area contributed by atoms with Gasteiger partial charge in [-0.25, -0.2) is 4.98 Å². The van der Waals surface area contributed by atoms with Gasteiger partial charge in [0.25, 0.3) is 5.56 Å². The van der Waals surface area contributed by atoms with Crippen LogP contribution in [0, 0.1) is 0 Å². The van der Waals surface area contributed by atoms with Gasteiger partial charge in [-0.05, 0) is 38.9 Å². The van der Waals surface area contributed by atoms with E-state index in [0.29, 0.717) is 23.0 Å². The number of likely N-dealkylation sites (tertiary alicyclic amines) is 1. The highest BCUT2D eigenvalue weighted by molar-refractivity contribution is 7.17. The summed E-state index contributed by atoms with van der Waals surface area (Å²) in [6, 6.07) is 8.21. The van der Waals surface area contributed by atoms with E-state index >= 15 is 0 Å². The number of thiophene rings is 1. The molecule has 0 spiro atoms. The lowest BCUT2D eigenvalue weighted by Crippen LogP contribution is -2.28. The van der Waals surface area contributed by atoms with Crippen molar-refractivity contribution in [3.05, 3.63) is 51.3 Å². The Kier molecular flexibility index (Phi) is 4.63. The maximum atomic E-state index is 13.1. The highest BCUT2D eigenvalue weighted by Crippen LogP contribution is 2.34. The van der Waals surface area contributed by atoms with Crippen LogP contribution in [0.5, 0.6) is 0 Å². The number of fused-ring (bicyclic) bond motifs is 1. The number of benzene rings is 1. The van der Waals surface area contributed by atoms with Gasteiger partial charge in [0.1, 0.15) is 4.83 Å². The average molecular weight is 374 g/mol. The smallest absolute Gasteiger partial charge is 0.262 e. The van der Waals surface area contributed by atoms with Gasteiger partial charge in [-0.15, -0.1) is 11.3 Å². The van der Waals surface area contributed by atoms with E-state index < -0.39 is 0 Å². The number of aryl methyl sites for hydroxylation is 1. The number of hydrogen-bond acceptors (Lipinski definition) is 4. The minimum atomic E-state index is 0.0295. The summed E-state index contributed by atoms with van der Waals surface area (Å²) in [5, 5.41) is 3.32. The molecule has 1 aliphatic heterocycles. The molecule has 0 N–H and O–H groups in total. The standard InChI is InChI=1S/C19H20ClN3OS/c1-22-9-4-5-13(22)8-10-23-12-21-18-17(19(23)24)15(11-25-18)14-6-2-3-7-16(14)20/h2-3,6-7,11-13H,4-5,8-10H2,1H3/t13-/m0/s1. The SMILES string of the molecule is CN1CCC[C@H]1CCn1cnc2scc(-c3ccccc3Cl)c2c1=O. The molecule has 0 unspecified atom stereocenters. The van der Waals surface area contributed by atoms with Crippen LogP contribution in [-0.4, -0.2) is 34.1 Å². The van der Waals surface area contributed by atoms with Gasteiger partial charge < -0.3 is 4.90 Å². The molecular weight excluding hydrogens is 354 g/mol. The Morgan fingerprint density at radius 3 is 2.92 bits per heavy atom. The van der Waals surface area contributed by atoms with Crippen LogP contribution < -0.4 is 5.56 Å². The Morgan fingerprint density at radius 2 is 2.16 bits per heavy atom. The van der Waals surface area contributed by atoms with Crippen molar-refractivity contribution in [3.8, 4) is 11.1 Å². The van der Waals surface area contributed by atoms with Gasteiger partial charge in [-0.1, -0.05) is 29.8 Å². The molecule has 1 atom stereocenters. The molecule has 4 nitrogen and oxygen atoms in total. The van der Waals surface area contributed by atoms with Gasteiger partial charge in [0.15, 0.2) is 0 Å². The maximum absolute atomic E-state index is 13.1. The number of rotatable bonds is 4. The molecule has 2 aromatic heterocycles. The summed E-state index contributed by atoms with van der Waals surface area (Å²) in [5.74, 6) is 0. The van der Waals surface area contributed by atoms with Crippen LogP contribution in [0.1, 0.15) is 19.3 Å². The van der Waals surface area contributed by atoms with Crippen molar-refractivity contribution in [1.82, 2.24) is 14.5 Å².